The number of H-pyrrole nitrogens is 1. The van der Waals surface area contributed by atoms with Crippen LogP contribution >= 0.6 is 0 Å². The molecule has 11 unspecified atom stereocenters. The number of phenolic OH excluding ortho intramolecular Hbond substituents is 1. The van der Waals surface area contributed by atoms with Crippen LogP contribution in [0.3, 0.4) is 0 Å². The summed E-state index contributed by atoms with van der Waals surface area (Å²) in [5.41, 5.74) is 4.05. The van der Waals surface area contributed by atoms with E-state index in [0.29, 0.717) is 67.7 Å². The highest BCUT2D eigenvalue weighted by Gasteiger charge is 2.46. The maximum atomic E-state index is 12.1. The van der Waals surface area contributed by atoms with E-state index in [4.69, 9.17) is 14.2 Å². The molecular formula is C52H74N2O9. The van der Waals surface area contributed by atoms with Crippen LogP contribution in [0.5, 0.6) is 23.0 Å². The second kappa shape index (κ2) is 19.6. The predicted molar refractivity (Wildman–Crippen MR) is 241 cm³/mol. The third kappa shape index (κ3) is 9.66. The van der Waals surface area contributed by atoms with E-state index < -0.39 is 42.0 Å². The van der Waals surface area contributed by atoms with E-state index in [9.17, 15) is 30.6 Å². The quantitative estimate of drug-likeness (QED) is 0.0922. The summed E-state index contributed by atoms with van der Waals surface area (Å²) in [6.07, 6.45) is 20.3. The number of fused-ring (bicyclic) bond motifs is 6. The maximum absolute atomic E-state index is 12.1. The van der Waals surface area contributed by atoms with E-state index in [0.717, 1.165) is 82.1 Å². The molecule has 0 radical (unpaired) electrons. The van der Waals surface area contributed by atoms with Crippen LogP contribution in [0.4, 0.5) is 0 Å². The number of aliphatic hydroxyl groups excluding tert-OH is 3. The molecule has 0 amide bonds. The fraction of sp³-hybridized carbons (Fsp3) is 0.692. The molecule has 11 atom stereocenters. The smallest absolute Gasteiger partial charge is 0.201 e. The molecule has 4 saturated carbocycles. The van der Waals surface area contributed by atoms with Gasteiger partial charge in [0.2, 0.25) is 5.75 Å². The van der Waals surface area contributed by atoms with Crippen LogP contribution in [0, 0.1) is 23.7 Å². The summed E-state index contributed by atoms with van der Waals surface area (Å²) in [6.45, 7) is 1.13. The van der Waals surface area contributed by atoms with Gasteiger partial charge in [0, 0.05) is 48.3 Å². The lowest BCUT2D eigenvalue weighted by molar-refractivity contribution is -0.154. The third-order valence-corrected chi connectivity index (χ3v) is 16.9. The molecule has 2 bridgehead atoms. The lowest BCUT2D eigenvalue weighted by Crippen LogP contribution is -2.44. The number of nitrogens with one attached hydrogen (secondary N) is 2. The van der Waals surface area contributed by atoms with Crippen LogP contribution in [0.2, 0.25) is 0 Å². The van der Waals surface area contributed by atoms with Crippen molar-refractivity contribution >= 4 is 0 Å². The number of aromatic hydroxyl groups is 2. The molecule has 2 aromatic carbocycles. The van der Waals surface area contributed by atoms with Gasteiger partial charge in [0.15, 0.2) is 11.5 Å². The first-order chi connectivity index (χ1) is 30.6. The maximum Gasteiger partial charge on any atom is 0.201 e. The number of benzene rings is 2. The molecule has 2 aliphatic heterocycles. The second-order valence-electron chi connectivity index (χ2n) is 20.7. The number of hydrogen-bond donors (Lipinski definition) is 8. The molecule has 0 spiro atoms. The van der Waals surface area contributed by atoms with E-state index >= 15 is 0 Å². The van der Waals surface area contributed by atoms with Gasteiger partial charge in [-0.05, 0) is 167 Å². The highest BCUT2D eigenvalue weighted by molar-refractivity contribution is 5.64. The number of ether oxygens (including phenoxy) is 3. The Morgan fingerprint density at radius 1 is 0.857 bits per heavy atom. The van der Waals surface area contributed by atoms with E-state index in [1.165, 1.54) is 50.3 Å². The number of aromatic nitrogens is 1. The molecule has 346 valence electrons. The molecule has 9 rings (SSSR count). The van der Waals surface area contributed by atoms with Gasteiger partial charge >= 0.3 is 0 Å². The summed E-state index contributed by atoms with van der Waals surface area (Å²) in [4.78, 5) is 3.09. The summed E-state index contributed by atoms with van der Waals surface area (Å²) < 4.78 is 19.5. The Morgan fingerprint density at radius 2 is 1.68 bits per heavy atom. The fourth-order valence-electron chi connectivity index (χ4n) is 13.4. The zero-order valence-corrected chi connectivity index (χ0v) is 37.5. The largest absolute Gasteiger partial charge is 0.504 e. The minimum absolute atomic E-state index is 0.0571. The zero-order chi connectivity index (χ0) is 43.7. The highest BCUT2D eigenvalue weighted by atomic mass is 16.5. The molecule has 11 heteroatoms. The number of phenols is 2. The van der Waals surface area contributed by atoms with Crippen molar-refractivity contribution in [3.05, 3.63) is 70.0 Å². The zero-order valence-electron chi connectivity index (χ0n) is 37.5. The monoisotopic (exact) mass is 871 g/mol. The minimum Gasteiger partial charge on any atom is -0.504 e. The van der Waals surface area contributed by atoms with Gasteiger partial charge in [-0.2, -0.15) is 0 Å². The Labute approximate surface area is 374 Å². The van der Waals surface area contributed by atoms with Crippen LogP contribution in [-0.4, -0.2) is 85.8 Å². The molecule has 4 aliphatic carbocycles. The van der Waals surface area contributed by atoms with Crippen molar-refractivity contribution in [3.63, 3.8) is 0 Å². The molecule has 1 saturated heterocycles. The van der Waals surface area contributed by atoms with Crippen molar-refractivity contribution in [2.75, 3.05) is 20.3 Å². The van der Waals surface area contributed by atoms with Crippen molar-refractivity contribution in [1.82, 2.24) is 10.3 Å². The summed E-state index contributed by atoms with van der Waals surface area (Å²) in [5, 5.41) is 72.2. The van der Waals surface area contributed by atoms with E-state index in [2.05, 4.69) is 28.5 Å². The first kappa shape index (κ1) is 44.9. The van der Waals surface area contributed by atoms with Crippen LogP contribution < -0.4 is 14.8 Å². The lowest BCUT2D eigenvalue weighted by atomic mass is 9.66. The van der Waals surface area contributed by atoms with E-state index in [-0.39, 0.29) is 41.1 Å². The van der Waals surface area contributed by atoms with Crippen LogP contribution in [0.25, 0.3) is 0 Å². The average molecular weight is 871 g/mol. The standard InChI is InChI=1S/C52H74N2O9/c1-61-51-41(24-33-15-20-53-29-33)48(42(30-55)49(58)50(51)59)47-27-44(57)38-11-8-35(26-46(38)63-47)34-9-12-45-40(25-34)39-23-31(16-21-54-36-5-3-2-4-6-36)7-10-37(39)43(56)14-19-52(60)18-13-32(28-52)17-22-62-45/h9,12,15,20,25,29,31-32,35-39,43-44,46-47,53-60H,2-8,10-11,13-14,16-19,21-24,26-28,30H2,1H3. The Balaban J connectivity index is 0.999. The van der Waals surface area contributed by atoms with E-state index in [1.54, 1.807) is 0 Å². The summed E-state index contributed by atoms with van der Waals surface area (Å²) in [5.74, 6) is 1.52. The first-order valence-electron chi connectivity index (χ1n) is 24.7. The first-order valence-corrected chi connectivity index (χ1v) is 24.7. The molecule has 63 heavy (non-hydrogen) atoms. The average Bonchev–Trinajstić information content (AvgIpc) is 3.96. The van der Waals surface area contributed by atoms with Crippen molar-refractivity contribution < 1.29 is 44.8 Å². The van der Waals surface area contributed by atoms with Crippen LogP contribution in [-0.2, 0) is 17.8 Å². The molecule has 5 fully saturated rings. The number of methoxy groups -OCH3 is 1. The Kier molecular flexibility index (Phi) is 14.0. The summed E-state index contributed by atoms with van der Waals surface area (Å²) >= 11 is 0. The molecule has 3 heterocycles. The number of hydrogen-bond acceptors (Lipinski definition) is 10. The van der Waals surface area contributed by atoms with Gasteiger partial charge in [-0.1, -0.05) is 31.4 Å². The highest BCUT2D eigenvalue weighted by Crippen LogP contribution is 2.54. The molecule has 3 aromatic rings. The third-order valence-electron chi connectivity index (χ3n) is 16.9. The predicted octanol–water partition coefficient (Wildman–Crippen LogP) is 8.56. The van der Waals surface area contributed by atoms with Crippen molar-refractivity contribution in [1.29, 1.82) is 0 Å². The molecular weight excluding hydrogens is 797 g/mol. The molecule has 1 aromatic heterocycles. The molecule has 11 nitrogen and oxygen atoms in total. The SMILES string of the molecule is COc1c(O)c(O)c(CO)c(C2CC(O)C3CCC(c4ccc5c(c4)C4CC(CCNC6CCCCC6)CCC4C(O)CCC4(O)CCC(CCO5)C4)CC3O2)c1Cc1cc[nH]c1. The van der Waals surface area contributed by atoms with Crippen LogP contribution in [0.1, 0.15) is 173 Å². The van der Waals surface area contributed by atoms with E-state index in [1.807, 2.05) is 18.5 Å². The van der Waals surface area contributed by atoms with Gasteiger partial charge in [0.05, 0.1) is 50.3 Å². The van der Waals surface area contributed by atoms with Crippen molar-refractivity contribution in [2.24, 2.45) is 23.7 Å². The van der Waals surface area contributed by atoms with Gasteiger partial charge in [0.1, 0.15) is 5.75 Å². The second-order valence-corrected chi connectivity index (χ2v) is 20.7. The lowest BCUT2D eigenvalue weighted by Gasteiger charge is -2.46. The number of aliphatic hydroxyl groups is 4. The summed E-state index contributed by atoms with van der Waals surface area (Å²) in [6, 6.07) is 9.38. The van der Waals surface area contributed by atoms with Gasteiger partial charge in [-0.3, -0.25) is 0 Å². The number of aromatic amines is 1. The summed E-state index contributed by atoms with van der Waals surface area (Å²) in [7, 11) is 1.45. The van der Waals surface area contributed by atoms with Crippen molar-refractivity contribution in [2.45, 2.75) is 183 Å². The normalized spacial score (nSPS) is 34.0. The van der Waals surface area contributed by atoms with Crippen LogP contribution in [0.15, 0.2) is 36.7 Å². The van der Waals surface area contributed by atoms with Gasteiger partial charge in [-0.15, -0.1) is 0 Å². The van der Waals surface area contributed by atoms with Crippen molar-refractivity contribution in [3.8, 4) is 23.0 Å². The van der Waals surface area contributed by atoms with Gasteiger partial charge in [0.25, 0.3) is 0 Å². The van der Waals surface area contributed by atoms with Gasteiger partial charge in [-0.25, -0.2) is 0 Å². The minimum atomic E-state index is -0.692. The molecule has 8 N–H and O–H groups in total. The topological polar surface area (TPSA) is 177 Å². The Morgan fingerprint density at radius 3 is 2.48 bits per heavy atom. The fourth-order valence-corrected chi connectivity index (χ4v) is 13.4. The van der Waals surface area contributed by atoms with Gasteiger partial charge < -0.3 is 55.2 Å². The Hall–Kier alpha value is -3.32. The molecule has 6 aliphatic rings. The number of rotatable bonds is 10. The Bertz CT molecular complexity index is 1980.